The van der Waals surface area contributed by atoms with E-state index in [4.69, 9.17) is 8.83 Å². The third kappa shape index (κ3) is 5.28. The molecule has 9 aromatic carbocycles. The number of para-hydroxylation sites is 3. The van der Waals surface area contributed by atoms with Gasteiger partial charge in [-0.3, -0.25) is 0 Å². The van der Waals surface area contributed by atoms with Gasteiger partial charge in [-0.15, -0.1) is 0 Å². The van der Waals surface area contributed by atoms with Crippen molar-refractivity contribution in [1.29, 1.82) is 0 Å². The molecule has 0 bridgehead atoms. The Bertz CT molecular complexity index is 3220. The summed E-state index contributed by atoms with van der Waals surface area (Å²) in [4.78, 5) is 2.42. The van der Waals surface area contributed by atoms with Gasteiger partial charge < -0.3 is 13.7 Å². The molecular formula is C52H33NO2. The number of fused-ring (bicyclic) bond motifs is 7. The van der Waals surface area contributed by atoms with Gasteiger partial charge in [0.25, 0.3) is 0 Å². The van der Waals surface area contributed by atoms with Gasteiger partial charge in [0.2, 0.25) is 0 Å². The molecule has 0 aliphatic heterocycles. The predicted octanol–water partition coefficient (Wildman–Crippen LogP) is 15.1. The molecule has 0 N–H and O–H groups in total. The van der Waals surface area contributed by atoms with Crippen molar-refractivity contribution in [2.45, 2.75) is 0 Å². The Kier molecular flexibility index (Phi) is 7.17. The van der Waals surface area contributed by atoms with Crippen LogP contribution in [0.5, 0.6) is 0 Å². The SMILES string of the molecule is c1ccc(-c2ccc(-c3ccc4ccccc4c3)cc2N(c2ccc3oc4ccccc4c3c2)c2ccccc2-c2ccc3c(c2)oc2ccccc23)cc1. The number of benzene rings is 9. The summed E-state index contributed by atoms with van der Waals surface area (Å²) < 4.78 is 12.7. The van der Waals surface area contributed by atoms with Crippen LogP contribution in [0.1, 0.15) is 0 Å². The summed E-state index contributed by atoms with van der Waals surface area (Å²) in [5, 5.41) is 6.85. The van der Waals surface area contributed by atoms with Crippen molar-refractivity contribution in [3.8, 4) is 33.4 Å². The van der Waals surface area contributed by atoms with Gasteiger partial charge in [0.05, 0.1) is 11.4 Å². The van der Waals surface area contributed by atoms with Crippen molar-refractivity contribution in [2.75, 3.05) is 4.90 Å². The summed E-state index contributed by atoms with van der Waals surface area (Å²) in [5.41, 5.74) is 13.4. The van der Waals surface area contributed by atoms with E-state index in [0.717, 1.165) is 88.8 Å². The maximum Gasteiger partial charge on any atom is 0.136 e. The average Bonchev–Trinajstić information content (AvgIpc) is 3.82. The Balaban J connectivity index is 1.19. The first kappa shape index (κ1) is 31.2. The van der Waals surface area contributed by atoms with Crippen molar-refractivity contribution in [3.63, 3.8) is 0 Å². The fourth-order valence-electron chi connectivity index (χ4n) is 8.19. The molecule has 0 fully saturated rings. The lowest BCUT2D eigenvalue weighted by atomic mass is 9.94. The van der Waals surface area contributed by atoms with Crippen LogP contribution in [-0.4, -0.2) is 0 Å². The lowest BCUT2D eigenvalue weighted by Crippen LogP contribution is -2.12. The van der Waals surface area contributed by atoms with Gasteiger partial charge in [0.1, 0.15) is 22.3 Å². The largest absolute Gasteiger partial charge is 0.456 e. The standard InChI is InChI=1S/C52H33NO2/c1-2-13-35(14-3-1)42-27-24-38(37-23-22-34-12-4-5-15-36(34)30-37)31-48(42)53(40-26-29-51-46(33-40)44-18-8-11-21-50(44)54-51)47-19-9-6-16-41(47)39-25-28-45-43-17-7-10-20-49(43)55-52(45)32-39/h1-33H. The van der Waals surface area contributed by atoms with Gasteiger partial charge >= 0.3 is 0 Å². The monoisotopic (exact) mass is 703 g/mol. The molecule has 11 aromatic rings. The van der Waals surface area contributed by atoms with Crippen LogP contribution in [0.15, 0.2) is 209 Å². The van der Waals surface area contributed by atoms with Gasteiger partial charge in [-0.1, -0.05) is 140 Å². The molecule has 3 nitrogen and oxygen atoms in total. The van der Waals surface area contributed by atoms with E-state index in [2.05, 4.69) is 181 Å². The molecule has 2 heterocycles. The Morgan fingerprint density at radius 1 is 0.291 bits per heavy atom. The van der Waals surface area contributed by atoms with Gasteiger partial charge in [-0.05, 0) is 93.7 Å². The van der Waals surface area contributed by atoms with E-state index in [0.29, 0.717) is 0 Å². The van der Waals surface area contributed by atoms with Crippen molar-refractivity contribution < 1.29 is 8.83 Å². The first-order chi connectivity index (χ1) is 27.2. The van der Waals surface area contributed by atoms with Crippen molar-refractivity contribution >= 4 is 71.7 Å². The smallest absolute Gasteiger partial charge is 0.136 e. The Morgan fingerprint density at radius 2 is 0.891 bits per heavy atom. The molecule has 0 spiro atoms. The van der Waals surface area contributed by atoms with E-state index in [-0.39, 0.29) is 0 Å². The minimum absolute atomic E-state index is 0.863. The van der Waals surface area contributed by atoms with Gasteiger partial charge in [0, 0.05) is 38.4 Å². The first-order valence-corrected chi connectivity index (χ1v) is 18.7. The van der Waals surface area contributed by atoms with E-state index in [1.165, 1.54) is 16.3 Å². The number of hydrogen-bond acceptors (Lipinski definition) is 3. The third-order valence-electron chi connectivity index (χ3n) is 10.9. The number of anilines is 3. The Hall–Kier alpha value is -7.36. The number of rotatable bonds is 6. The van der Waals surface area contributed by atoms with Gasteiger partial charge in [-0.25, -0.2) is 0 Å². The number of furan rings is 2. The highest BCUT2D eigenvalue weighted by Gasteiger charge is 2.23. The summed E-state index contributed by atoms with van der Waals surface area (Å²) >= 11 is 0. The minimum atomic E-state index is 0.863. The van der Waals surface area contributed by atoms with Crippen molar-refractivity contribution in [1.82, 2.24) is 0 Å². The molecule has 0 unspecified atom stereocenters. The van der Waals surface area contributed by atoms with Gasteiger partial charge in [-0.2, -0.15) is 0 Å². The molecule has 11 rings (SSSR count). The van der Waals surface area contributed by atoms with Crippen LogP contribution < -0.4 is 4.90 Å². The van der Waals surface area contributed by atoms with E-state index < -0.39 is 0 Å². The number of hydrogen-bond donors (Lipinski definition) is 0. The molecule has 0 aliphatic rings. The first-order valence-electron chi connectivity index (χ1n) is 18.7. The molecule has 0 radical (unpaired) electrons. The van der Waals surface area contributed by atoms with Crippen LogP contribution in [0.4, 0.5) is 17.1 Å². The van der Waals surface area contributed by atoms with Crippen LogP contribution in [0, 0.1) is 0 Å². The number of nitrogens with zero attached hydrogens (tertiary/aromatic N) is 1. The normalized spacial score (nSPS) is 11.6. The lowest BCUT2D eigenvalue weighted by Gasteiger charge is -2.30. The molecule has 3 heteroatoms. The highest BCUT2D eigenvalue weighted by molar-refractivity contribution is 6.09. The Labute approximate surface area is 317 Å². The molecule has 0 atom stereocenters. The van der Waals surface area contributed by atoms with Crippen LogP contribution in [-0.2, 0) is 0 Å². The van der Waals surface area contributed by atoms with E-state index in [1.807, 2.05) is 24.3 Å². The van der Waals surface area contributed by atoms with E-state index >= 15 is 0 Å². The molecule has 258 valence electrons. The zero-order chi connectivity index (χ0) is 36.3. The minimum Gasteiger partial charge on any atom is -0.456 e. The van der Waals surface area contributed by atoms with Crippen molar-refractivity contribution in [3.05, 3.63) is 200 Å². The highest BCUT2D eigenvalue weighted by Crippen LogP contribution is 2.48. The van der Waals surface area contributed by atoms with Crippen LogP contribution in [0.2, 0.25) is 0 Å². The summed E-state index contributed by atoms with van der Waals surface area (Å²) in [7, 11) is 0. The molecule has 0 saturated carbocycles. The fraction of sp³-hybridized carbons (Fsp3) is 0. The zero-order valence-electron chi connectivity index (χ0n) is 29.8. The quantitative estimate of drug-likeness (QED) is 0.173. The molecular weight excluding hydrogens is 671 g/mol. The topological polar surface area (TPSA) is 29.5 Å². The van der Waals surface area contributed by atoms with E-state index in [9.17, 15) is 0 Å². The molecule has 0 saturated heterocycles. The van der Waals surface area contributed by atoms with E-state index in [1.54, 1.807) is 0 Å². The second kappa shape index (κ2) is 12.6. The molecule has 0 aliphatic carbocycles. The van der Waals surface area contributed by atoms with Crippen molar-refractivity contribution in [2.24, 2.45) is 0 Å². The second-order valence-corrected chi connectivity index (χ2v) is 14.1. The summed E-state index contributed by atoms with van der Waals surface area (Å²) in [6, 6.07) is 71.2. The Morgan fingerprint density at radius 3 is 1.75 bits per heavy atom. The molecule has 2 aromatic heterocycles. The van der Waals surface area contributed by atoms with Crippen LogP contribution in [0.3, 0.4) is 0 Å². The zero-order valence-corrected chi connectivity index (χ0v) is 29.8. The summed E-state index contributed by atoms with van der Waals surface area (Å²) in [6.45, 7) is 0. The fourth-order valence-corrected chi connectivity index (χ4v) is 8.19. The highest BCUT2D eigenvalue weighted by atomic mass is 16.3. The lowest BCUT2D eigenvalue weighted by molar-refractivity contribution is 0.668. The summed E-state index contributed by atoms with van der Waals surface area (Å²) in [5.74, 6) is 0. The van der Waals surface area contributed by atoms with Crippen LogP contribution >= 0.6 is 0 Å². The molecule has 0 amide bonds. The predicted molar refractivity (Wildman–Crippen MR) is 229 cm³/mol. The summed E-state index contributed by atoms with van der Waals surface area (Å²) in [6.07, 6.45) is 0. The molecule has 55 heavy (non-hydrogen) atoms. The van der Waals surface area contributed by atoms with Gasteiger partial charge in [0.15, 0.2) is 0 Å². The third-order valence-corrected chi connectivity index (χ3v) is 10.9. The maximum atomic E-state index is 6.41. The van der Waals surface area contributed by atoms with Crippen LogP contribution in [0.25, 0.3) is 88.0 Å². The second-order valence-electron chi connectivity index (χ2n) is 14.1. The maximum absolute atomic E-state index is 6.41. The average molecular weight is 704 g/mol.